The molecule has 0 aromatic carbocycles. The van der Waals surface area contributed by atoms with Crippen LogP contribution in [0.5, 0.6) is 0 Å². The number of hydrogen-bond acceptors (Lipinski definition) is 4. The molecule has 6 heteroatoms. The molecule has 0 radical (unpaired) electrons. The fourth-order valence-electron chi connectivity index (χ4n) is 3.42. The molecule has 0 saturated carbocycles. The number of hydrogen-bond donors (Lipinski definition) is 2. The van der Waals surface area contributed by atoms with Crippen molar-refractivity contribution in [3.05, 3.63) is 60.7 Å². The van der Waals surface area contributed by atoms with E-state index in [1.165, 1.54) is 11.6 Å². The van der Waals surface area contributed by atoms with E-state index in [9.17, 15) is 4.79 Å². The molecule has 4 rings (SSSR count). The predicted molar refractivity (Wildman–Crippen MR) is 94.6 cm³/mol. The molecular weight excluding hydrogens is 316 g/mol. The Hall–Kier alpha value is -3.15. The Morgan fingerprint density at radius 3 is 3.12 bits per heavy atom. The van der Waals surface area contributed by atoms with Gasteiger partial charge in [0.1, 0.15) is 5.65 Å². The van der Waals surface area contributed by atoms with Crippen LogP contribution in [0.4, 0.5) is 0 Å². The third-order valence-electron chi connectivity index (χ3n) is 4.54. The molecule has 1 aliphatic rings. The summed E-state index contributed by atoms with van der Waals surface area (Å²) in [5.74, 6) is 0.744. The number of nitrogens with one attached hydrogen (secondary N) is 2. The first-order chi connectivity index (χ1) is 12.3. The number of allylic oxidation sites excluding steroid dienone is 2. The van der Waals surface area contributed by atoms with Gasteiger partial charge < -0.3 is 14.8 Å². The van der Waals surface area contributed by atoms with Gasteiger partial charge in [-0.05, 0) is 37.0 Å². The van der Waals surface area contributed by atoms with Gasteiger partial charge in [0.25, 0.3) is 0 Å². The molecule has 126 valence electrons. The molecule has 0 bridgehead atoms. The van der Waals surface area contributed by atoms with Crippen molar-refractivity contribution in [2.75, 3.05) is 0 Å². The standard InChI is InChI=1S/C19H18N4O2/c1-2-17(24)23-13-5-3-4-12(10-13)14-6-8-20-19-18(14)15(11-21-19)16-7-9-22-25-16/h2,6-12H,1,3-5H2,(H,20,21)(H,23,24). The number of fused-ring (bicyclic) bond motifs is 1. The van der Waals surface area contributed by atoms with E-state index < -0.39 is 0 Å². The lowest BCUT2D eigenvalue weighted by Crippen LogP contribution is -2.22. The zero-order chi connectivity index (χ0) is 17.2. The van der Waals surface area contributed by atoms with E-state index in [2.05, 4.69) is 33.1 Å². The van der Waals surface area contributed by atoms with Gasteiger partial charge in [-0.3, -0.25) is 4.79 Å². The van der Waals surface area contributed by atoms with E-state index in [4.69, 9.17) is 4.52 Å². The summed E-state index contributed by atoms with van der Waals surface area (Å²) in [6, 6.07) is 3.88. The van der Waals surface area contributed by atoms with E-state index in [1.54, 1.807) is 6.20 Å². The largest absolute Gasteiger partial charge is 0.356 e. The maximum Gasteiger partial charge on any atom is 0.247 e. The zero-order valence-corrected chi connectivity index (χ0v) is 13.7. The van der Waals surface area contributed by atoms with Crippen LogP contribution in [0.3, 0.4) is 0 Å². The smallest absolute Gasteiger partial charge is 0.247 e. The molecule has 1 aliphatic carbocycles. The summed E-state index contributed by atoms with van der Waals surface area (Å²) < 4.78 is 5.34. The molecule has 6 nitrogen and oxygen atoms in total. The lowest BCUT2D eigenvalue weighted by Gasteiger charge is -2.22. The van der Waals surface area contributed by atoms with Gasteiger partial charge >= 0.3 is 0 Å². The van der Waals surface area contributed by atoms with E-state index in [-0.39, 0.29) is 11.8 Å². The summed E-state index contributed by atoms with van der Waals surface area (Å²) in [7, 11) is 0. The van der Waals surface area contributed by atoms with Crippen molar-refractivity contribution in [2.24, 2.45) is 0 Å². The Morgan fingerprint density at radius 1 is 1.40 bits per heavy atom. The van der Waals surface area contributed by atoms with E-state index in [0.29, 0.717) is 5.76 Å². The van der Waals surface area contributed by atoms with E-state index in [0.717, 1.165) is 41.6 Å². The Labute approximate surface area is 144 Å². The minimum absolute atomic E-state index is 0.171. The molecule has 25 heavy (non-hydrogen) atoms. The molecule has 2 N–H and O–H groups in total. The van der Waals surface area contributed by atoms with Gasteiger partial charge in [0.15, 0.2) is 5.76 Å². The van der Waals surface area contributed by atoms with Crippen LogP contribution in [0.25, 0.3) is 22.4 Å². The lowest BCUT2D eigenvalue weighted by atomic mass is 9.86. The van der Waals surface area contributed by atoms with Crippen LogP contribution in [0.1, 0.15) is 30.7 Å². The number of aromatic amines is 1. The van der Waals surface area contributed by atoms with E-state index in [1.807, 2.05) is 24.5 Å². The number of nitrogens with zero attached hydrogens (tertiary/aromatic N) is 2. The van der Waals surface area contributed by atoms with Crippen molar-refractivity contribution < 1.29 is 9.32 Å². The number of carbonyl (C=O) groups excluding carboxylic acids is 1. The third-order valence-corrected chi connectivity index (χ3v) is 4.54. The van der Waals surface area contributed by atoms with Crippen molar-refractivity contribution >= 4 is 16.9 Å². The fourth-order valence-corrected chi connectivity index (χ4v) is 3.42. The molecular formula is C19H18N4O2. The molecule has 3 heterocycles. The summed E-state index contributed by atoms with van der Waals surface area (Å²) in [6.45, 7) is 3.51. The number of carbonyl (C=O) groups is 1. The van der Waals surface area contributed by atoms with Crippen molar-refractivity contribution in [1.82, 2.24) is 20.4 Å². The number of H-pyrrole nitrogens is 1. The maximum absolute atomic E-state index is 11.6. The molecule has 0 aliphatic heterocycles. The van der Waals surface area contributed by atoms with Crippen LogP contribution in [-0.4, -0.2) is 21.0 Å². The van der Waals surface area contributed by atoms with Crippen molar-refractivity contribution in [3.63, 3.8) is 0 Å². The Kier molecular flexibility index (Phi) is 3.93. The highest BCUT2D eigenvalue weighted by molar-refractivity contribution is 5.95. The number of aromatic nitrogens is 3. The summed E-state index contributed by atoms with van der Waals surface area (Å²) in [6.07, 6.45) is 11.7. The first kappa shape index (κ1) is 15.4. The van der Waals surface area contributed by atoms with Crippen LogP contribution in [0.15, 0.2) is 59.7 Å². The molecule has 0 saturated heterocycles. The van der Waals surface area contributed by atoms with Crippen LogP contribution in [0.2, 0.25) is 0 Å². The average molecular weight is 334 g/mol. The highest BCUT2D eigenvalue weighted by Crippen LogP contribution is 2.38. The van der Waals surface area contributed by atoms with Gasteiger partial charge in [-0.25, -0.2) is 4.98 Å². The molecule has 0 spiro atoms. The third kappa shape index (κ3) is 2.87. The first-order valence-corrected chi connectivity index (χ1v) is 8.27. The van der Waals surface area contributed by atoms with Gasteiger partial charge in [-0.15, -0.1) is 0 Å². The summed E-state index contributed by atoms with van der Waals surface area (Å²) in [5, 5.41) is 7.75. The quantitative estimate of drug-likeness (QED) is 0.713. The van der Waals surface area contributed by atoms with Crippen LogP contribution in [-0.2, 0) is 4.79 Å². The molecule has 1 unspecified atom stereocenters. The van der Waals surface area contributed by atoms with Gasteiger partial charge in [-0.2, -0.15) is 0 Å². The van der Waals surface area contributed by atoms with Gasteiger partial charge in [0.2, 0.25) is 5.91 Å². The number of rotatable bonds is 4. The number of pyridine rings is 1. The van der Waals surface area contributed by atoms with Gasteiger partial charge in [-0.1, -0.05) is 17.8 Å². The molecule has 3 aromatic heterocycles. The number of amides is 1. The highest BCUT2D eigenvalue weighted by atomic mass is 16.5. The fraction of sp³-hybridized carbons (Fsp3) is 0.211. The SMILES string of the molecule is C=CC(=O)NC1=CC(c2ccnc3[nH]cc(-c4ccno4)c23)CCC1. The normalized spacial score (nSPS) is 17.3. The average Bonchev–Trinajstić information content (AvgIpc) is 3.30. The molecule has 1 atom stereocenters. The minimum atomic E-state index is -0.171. The van der Waals surface area contributed by atoms with Crippen molar-refractivity contribution in [3.8, 4) is 11.3 Å². The van der Waals surface area contributed by atoms with Crippen LogP contribution >= 0.6 is 0 Å². The monoisotopic (exact) mass is 334 g/mol. The van der Waals surface area contributed by atoms with Crippen LogP contribution < -0.4 is 5.32 Å². The molecule has 3 aromatic rings. The Balaban J connectivity index is 1.78. The summed E-state index contributed by atoms with van der Waals surface area (Å²) in [5.41, 5.74) is 3.89. The van der Waals surface area contributed by atoms with Gasteiger partial charge in [0, 0.05) is 41.0 Å². The van der Waals surface area contributed by atoms with E-state index >= 15 is 0 Å². The molecule has 0 fully saturated rings. The highest BCUT2D eigenvalue weighted by Gasteiger charge is 2.22. The maximum atomic E-state index is 11.6. The first-order valence-electron chi connectivity index (χ1n) is 8.27. The summed E-state index contributed by atoms with van der Waals surface area (Å²) in [4.78, 5) is 19.2. The molecule has 1 amide bonds. The summed E-state index contributed by atoms with van der Waals surface area (Å²) >= 11 is 0. The minimum Gasteiger partial charge on any atom is -0.356 e. The second kappa shape index (κ2) is 6.39. The topological polar surface area (TPSA) is 83.8 Å². The second-order valence-corrected chi connectivity index (χ2v) is 6.09. The van der Waals surface area contributed by atoms with Crippen LogP contribution in [0, 0.1) is 0 Å². The Bertz CT molecular complexity index is 953. The van der Waals surface area contributed by atoms with Crippen molar-refractivity contribution in [1.29, 1.82) is 0 Å². The van der Waals surface area contributed by atoms with Gasteiger partial charge in [0.05, 0.1) is 6.20 Å². The second-order valence-electron chi connectivity index (χ2n) is 6.09. The Morgan fingerprint density at radius 2 is 2.32 bits per heavy atom. The lowest BCUT2D eigenvalue weighted by molar-refractivity contribution is -0.115. The predicted octanol–water partition coefficient (Wildman–Crippen LogP) is 3.67. The zero-order valence-electron chi connectivity index (χ0n) is 13.7. The van der Waals surface area contributed by atoms with Crippen molar-refractivity contribution in [2.45, 2.75) is 25.2 Å².